The first kappa shape index (κ1) is 21.9. The molecule has 2 aliphatic rings. The maximum Gasteiger partial charge on any atom is 0.433 e. The molecule has 0 atom stereocenters. The molecule has 7 nitrogen and oxygen atoms in total. The van der Waals surface area contributed by atoms with Crippen LogP contribution in [0.15, 0.2) is 30.6 Å². The van der Waals surface area contributed by atoms with E-state index in [4.69, 9.17) is 0 Å². The molecule has 5 heterocycles. The van der Waals surface area contributed by atoms with Crippen LogP contribution < -0.4 is 4.90 Å². The summed E-state index contributed by atoms with van der Waals surface area (Å²) >= 11 is 0. The Balaban J connectivity index is 1.19. The maximum absolute atomic E-state index is 12.9. The Labute approximate surface area is 186 Å². The first-order chi connectivity index (χ1) is 15.7. The highest BCUT2D eigenvalue weighted by Gasteiger charge is 2.45. The van der Waals surface area contributed by atoms with Crippen LogP contribution in [0.1, 0.15) is 24.2 Å². The third kappa shape index (κ3) is 4.48. The molecule has 0 N–H and O–H groups in total. The summed E-state index contributed by atoms with van der Waals surface area (Å²) in [7, 11) is 0. The van der Waals surface area contributed by atoms with Gasteiger partial charge in [0, 0.05) is 32.7 Å². The Bertz CT molecular complexity index is 1130. The van der Waals surface area contributed by atoms with E-state index >= 15 is 0 Å². The van der Waals surface area contributed by atoms with Gasteiger partial charge < -0.3 is 4.90 Å². The molecule has 0 amide bonds. The fraction of sp³-hybridized carbons (Fsp3) is 0.524. The Morgan fingerprint density at radius 1 is 1.03 bits per heavy atom. The summed E-state index contributed by atoms with van der Waals surface area (Å²) in [6.07, 6.45) is -2.07. The fourth-order valence-corrected chi connectivity index (χ4v) is 4.75. The second-order valence-electron chi connectivity index (χ2n) is 8.80. The molecule has 0 saturated carbocycles. The highest BCUT2D eigenvalue weighted by molar-refractivity contribution is 5.71. The summed E-state index contributed by atoms with van der Waals surface area (Å²) in [5.74, 6) is 0.637. The molecule has 5 rings (SSSR count). The number of fused-ring (bicyclic) bond motifs is 1. The molecule has 0 radical (unpaired) electrons. The van der Waals surface area contributed by atoms with Crippen molar-refractivity contribution in [2.45, 2.75) is 38.5 Å². The molecule has 2 aliphatic heterocycles. The van der Waals surface area contributed by atoms with Crippen LogP contribution in [0.5, 0.6) is 0 Å². The number of hydrogen-bond donors (Lipinski definition) is 0. The van der Waals surface area contributed by atoms with Gasteiger partial charge in [0.25, 0.3) is 6.43 Å². The lowest BCUT2D eigenvalue weighted by Crippen LogP contribution is -2.60. The van der Waals surface area contributed by atoms with Gasteiger partial charge in [-0.2, -0.15) is 18.3 Å². The van der Waals surface area contributed by atoms with Gasteiger partial charge in [0.2, 0.25) is 0 Å². The number of hydrogen-bond acceptors (Lipinski definition) is 6. The van der Waals surface area contributed by atoms with Gasteiger partial charge in [-0.05, 0) is 30.4 Å². The number of pyridine rings is 1. The Morgan fingerprint density at radius 2 is 1.79 bits per heavy atom. The molecule has 0 aliphatic carbocycles. The molecule has 176 valence electrons. The SMILES string of the molecule is FC(F)Cn1ncc2ncc(N3CCC4(CC3)CN(Cc3cccc(C(F)(F)F)n3)C4)nc21. The monoisotopic (exact) mass is 467 g/mol. The minimum absolute atomic E-state index is 0.132. The van der Waals surface area contributed by atoms with Crippen LogP contribution in [0.2, 0.25) is 0 Å². The summed E-state index contributed by atoms with van der Waals surface area (Å²) < 4.78 is 65.4. The normalized spacial score (nSPS) is 18.9. The molecule has 0 aromatic carbocycles. The number of alkyl halides is 5. The molecule has 3 aromatic heterocycles. The van der Waals surface area contributed by atoms with E-state index in [1.54, 1.807) is 12.3 Å². The van der Waals surface area contributed by atoms with Gasteiger partial charge in [-0.25, -0.2) is 28.4 Å². The summed E-state index contributed by atoms with van der Waals surface area (Å²) in [6, 6.07) is 4.00. The average molecular weight is 467 g/mol. The molecule has 12 heteroatoms. The second-order valence-corrected chi connectivity index (χ2v) is 8.80. The molecule has 2 fully saturated rings. The van der Waals surface area contributed by atoms with Crippen LogP contribution in [0.3, 0.4) is 0 Å². The number of likely N-dealkylation sites (tertiary alicyclic amines) is 1. The highest BCUT2D eigenvalue weighted by Crippen LogP contribution is 2.41. The summed E-state index contributed by atoms with van der Waals surface area (Å²) in [4.78, 5) is 16.8. The standard InChI is InChI=1S/C21H22F5N7/c22-17(23)11-33-19-15(8-28-33)27-9-18(30-19)32-6-4-20(5-7-32)12-31(13-20)10-14-2-1-3-16(29-14)21(24,25)26/h1-3,8-9,17H,4-7,10-13H2. The van der Waals surface area contributed by atoms with Crippen LogP contribution in [0.4, 0.5) is 27.8 Å². The number of aromatic nitrogens is 5. The van der Waals surface area contributed by atoms with E-state index in [1.807, 2.05) is 0 Å². The van der Waals surface area contributed by atoms with E-state index in [0.29, 0.717) is 29.2 Å². The lowest BCUT2D eigenvalue weighted by molar-refractivity contribution is -0.141. The van der Waals surface area contributed by atoms with Gasteiger partial charge in [0.05, 0.1) is 18.1 Å². The van der Waals surface area contributed by atoms with Gasteiger partial charge in [0.1, 0.15) is 23.6 Å². The number of anilines is 1. The number of halogens is 5. The van der Waals surface area contributed by atoms with Gasteiger partial charge in [-0.15, -0.1) is 0 Å². The van der Waals surface area contributed by atoms with E-state index in [0.717, 1.165) is 45.1 Å². The summed E-state index contributed by atoms with van der Waals surface area (Å²) in [5, 5.41) is 3.95. The minimum Gasteiger partial charge on any atom is -0.355 e. The van der Waals surface area contributed by atoms with Crippen molar-refractivity contribution in [3.8, 4) is 0 Å². The van der Waals surface area contributed by atoms with Crippen molar-refractivity contribution in [3.05, 3.63) is 42.0 Å². The minimum atomic E-state index is -4.44. The van der Waals surface area contributed by atoms with Crippen molar-refractivity contribution in [2.75, 3.05) is 31.1 Å². The quantitative estimate of drug-likeness (QED) is 0.535. The highest BCUT2D eigenvalue weighted by atomic mass is 19.4. The van der Waals surface area contributed by atoms with Crippen LogP contribution >= 0.6 is 0 Å². The number of rotatable bonds is 5. The lowest BCUT2D eigenvalue weighted by Gasteiger charge is -2.54. The van der Waals surface area contributed by atoms with Crippen LogP contribution in [-0.4, -0.2) is 62.2 Å². The first-order valence-corrected chi connectivity index (χ1v) is 10.7. The predicted molar refractivity (Wildman–Crippen MR) is 110 cm³/mol. The largest absolute Gasteiger partial charge is 0.433 e. The lowest BCUT2D eigenvalue weighted by atomic mass is 9.72. The molecule has 2 saturated heterocycles. The van der Waals surface area contributed by atoms with E-state index in [-0.39, 0.29) is 5.41 Å². The maximum atomic E-state index is 12.9. The molecule has 0 bridgehead atoms. The molecule has 3 aromatic rings. The number of piperidine rings is 1. The number of nitrogens with zero attached hydrogens (tertiary/aromatic N) is 7. The van der Waals surface area contributed by atoms with Gasteiger partial charge in [-0.1, -0.05) is 6.07 Å². The predicted octanol–water partition coefficient (Wildman–Crippen LogP) is 3.61. The second kappa shape index (κ2) is 8.15. The Hall–Kier alpha value is -2.89. The van der Waals surface area contributed by atoms with Crippen molar-refractivity contribution in [3.63, 3.8) is 0 Å². The molecule has 33 heavy (non-hydrogen) atoms. The van der Waals surface area contributed by atoms with Crippen LogP contribution in [0.25, 0.3) is 11.2 Å². The van der Waals surface area contributed by atoms with Crippen molar-refractivity contribution in [2.24, 2.45) is 5.41 Å². The van der Waals surface area contributed by atoms with E-state index in [1.165, 1.54) is 16.9 Å². The van der Waals surface area contributed by atoms with Crippen molar-refractivity contribution >= 4 is 17.0 Å². The molecular formula is C21H22F5N7. The topological polar surface area (TPSA) is 63.0 Å². The zero-order valence-electron chi connectivity index (χ0n) is 17.6. The van der Waals surface area contributed by atoms with Crippen molar-refractivity contribution in [1.82, 2.24) is 29.6 Å². The average Bonchev–Trinajstić information content (AvgIpc) is 3.14. The van der Waals surface area contributed by atoms with Gasteiger partial charge >= 0.3 is 6.18 Å². The van der Waals surface area contributed by atoms with E-state index in [9.17, 15) is 22.0 Å². The zero-order valence-corrected chi connectivity index (χ0v) is 17.6. The van der Waals surface area contributed by atoms with Gasteiger partial charge in [-0.3, -0.25) is 4.90 Å². The summed E-state index contributed by atoms with van der Waals surface area (Å²) in [5.41, 5.74) is 0.507. The fourth-order valence-electron chi connectivity index (χ4n) is 4.75. The van der Waals surface area contributed by atoms with Crippen LogP contribution in [-0.2, 0) is 19.3 Å². The van der Waals surface area contributed by atoms with Crippen molar-refractivity contribution < 1.29 is 22.0 Å². The van der Waals surface area contributed by atoms with Gasteiger partial charge in [0.15, 0.2) is 5.65 Å². The van der Waals surface area contributed by atoms with Crippen LogP contribution in [0, 0.1) is 5.41 Å². The third-order valence-electron chi connectivity index (χ3n) is 6.39. The Morgan fingerprint density at radius 3 is 2.48 bits per heavy atom. The first-order valence-electron chi connectivity index (χ1n) is 10.7. The molecular weight excluding hydrogens is 445 g/mol. The molecule has 1 spiro atoms. The third-order valence-corrected chi connectivity index (χ3v) is 6.39. The zero-order chi connectivity index (χ0) is 23.2. The van der Waals surface area contributed by atoms with Crippen molar-refractivity contribution in [1.29, 1.82) is 0 Å². The smallest absolute Gasteiger partial charge is 0.355 e. The van der Waals surface area contributed by atoms with E-state index < -0.39 is 24.8 Å². The van der Waals surface area contributed by atoms with E-state index in [2.05, 4.69) is 29.9 Å². The molecule has 0 unspecified atom stereocenters. The summed E-state index contributed by atoms with van der Waals surface area (Å²) in [6.45, 7) is 2.99. The Kier molecular flexibility index (Phi) is 5.42.